The predicted octanol–water partition coefficient (Wildman–Crippen LogP) is 4.79. The van der Waals surface area contributed by atoms with Crippen LogP contribution >= 0.6 is 11.3 Å². The first-order valence-corrected chi connectivity index (χ1v) is 9.75. The summed E-state index contributed by atoms with van der Waals surface area (Å²) in [5, 5.41) is 6.07. The molecule has 1 aliphatic heterocycles. The number of likely N-dealkylation sites (tertiary alicyclic amines) is 1. The smallest absolute Gasteiger partial charge is 0.249 e. The minimum absolute atomic E-state index is 0.138. The van der Waals surface area contributed by atoms with Crippen molar-refractivity contribution >= 4 is 17.2 Å². The van der Waals surface area contributed by atoms with Crippen molar-refractivity contribution in [2.45, 2.75) is 45.2 Å². The van der Waals surface area contributed by atoms with Crippen LogP contribution in [0.4, 0.5) is 0 Å². The van der Waals surface area contributed by atoms with Crippen molar-refractivity contribution in [3.63, 3.8) is 0 Å². The number of rotatable bonds is 5. The maximum atomic E-state index is 12.4. The summed E-state index contributed by atoms with van der Waals surface area (Å²) < 4.78 is 5.49. The highest BCUT2D eigenvalue weighted by molar-refractivity contribution is 7.13. The first-order chi connectivity index (χ1) is 12.6. The van der Waals surface area contributed by atoms with Gasteiger partial charge >= 0.3 is 0 Å². The Balaban J connectivity index is 1.54. The van der Waals surface area contributed by atoms with E-state index in [1.807, 2.05) is 22.4 Å². The molecule has 0 N–H and O–H groups in total. The van der Waals surface area contributed by atoms with E-state index in [2.05, 4.69) is 48.3 Å². The van der Waals surface area contributed by atoms with Crippen LogP contribution < -0.4 is 0 Å². The molecule has 3 aromatic rings. The number of carbonyl (C=O) groups excluding carboxylic acids is 1. The Morgan fingerprint density at radius 1 is 1.27 bits per heavy atom. The van der Waals surface area contributed by atoms with E-state index < -0.39 is 0 Å². The molecule has 0 saturated carbocycles. The molecule has 0 bridgehead atoms. The van der Waals surface area contributed by atoms with Crippen LogP contribution in [-0.4, -0.2) is 20.9 Å². The molecule has 1 aliphatic rings. The van der Waals surface area contributed by atoms with Gasteiger partial charge in [-0.1, -0.05) is 49.3 Å². The zero-order chi connectivity index (χ0) is 18.1. The maximum Gasteiger partial charge on any atom is 0.249 e. The third-order valence-corrected chi connectivity index (χ3v) is 5.66. The number of hydrogen-bond acceptors (Lipinski definition) is 5. The lowest BCUT2D eigenvalue weighted by molar-refractivity contribution is -0.129. The Labute approximate surface area is 156 Å². The minimum atomic E-state index is -0.145. The fraction of sp³-hybridized carbons (Fsp3) is 0.350. The van der Waals surface area contributed by atoms with E-state index in [0.29, 0.717) is 30.6 Å². The lowest BCUT2D eigenvalue weighted by Gasteiger charge is -2.22. The van der Waals surface area contributed by atoms with Gasteiger partial charge in [0.2, 0.25) is 17.6 Å². The van der Waals surface area contributed by atoms with Crippen molar-refractivity contribution in [1.29, 1.82) is 0 Å². The van der Waals surface area contributed by atoms with Gasteiger partial charge in [-0.05, 0) is 34.9 Å². The molecule has 1 unspecified atom stereocenters. The molecule has 5 nitrogen and oxygen atoms in total. The van der Waals surface area contributed by atoms with Crippen LogP contribution in [0.15, 0.2) is 46.3 Å². The molecule has 6 heteroatoms. The number of aromatic nitrogens is 2. The molecule has 3 heterocycles. The van der Waals surface area contributed by atoms with E-state index in [4.69, 9.17) is 4.52 Å². The molecule has 1 saturated heterocycles. The zero-order valence-corrected chi connectivity index (χ0v) is 15.7. The van der Waals surface area contributed by atoms with Crippen molar-refractivity contribution in [1.82, 2.24) is 15.0 Å². The molecular formula is C20H21N3O2S. The van der Waals surface area contributed by atoms with Gasteiger partial charge in [0.1, 0.15) is 6.04 Å². The minimum Gasteiger partial charge on any atom is -0.337 e. The Morgan fingerprint density at radius 3 is 2.77 bits per heavy atom. The largest absolute Gasteiger partial charge is 0.337 e. The van der Waals surface area contributed by atoms with Crippen LogP contribution in [-0.2, 0) is 11.3 Å². The molecule has 1 atom stereocenters. The van der Waals surface area contributed by atoms with Crippen molar-refractivity contribution in [3.05, 3.63) is 58.8 Å². The second-order valence-electron chi connectivity index (χ2n) is 6.91. The Morgan fingerprint density at radius 2 is 2.08 bits per heavy atom. The summed E-state index contributed by atoms with van der Waals surface area (Å²) in [7, 11) is 0. The highest BCUT2D eigenvalue weighted by Crippen LogP contribution is 2.34. The van der Waals surface area contributed by atoms with Gasteiger partial charge in [0.15, 0.2) is 0 Å². The standard InChI is InChI=1S/C20H21N3O2S/c1-13(2)15-7-5-14(6-8-15)12-23-16(9-10-18(23)24)20-21-19(22-25-20)17-4-3-11-26-17/h3-8,11,13,16H,9-10,12H2,1-2H3. The Bertz CT molecular complexity index is 884. The summed E-state index contributed by atoms with van der Waals surface area (Å²) in [5.74, 6) is 1.76. The monoisotopic (exact) mass is 367 g/mol. The van der Waals surface area contributed by atoms with Crippen LogP contribution in [0.3, 0.4) is 0 Å². The fourth-order valence-electron chi connectivity index (χ4n) is 3.27. The third-order valence-electron chi connectivity index (χ3n) is 4.80. The lowest BCUT2D eigenvalue weighted by atomic mass is 10.0. The van der Waals surface area contributed by atoms with Gasteiger partial charge in [0, 0.05) is 13.0 Å². The van der Waals surface area contributed by atoms with E-state index in [1.54, 1.807) is 11.3 Å². The Kier molecular flexibility index (Phi) is 4.59. The number of hydrogen-bond donors (Lipinski definition) is 0. The summed E-state index contributed by atoms with van der Waals surface area (Å²) in [4.78, 5) is 19.8. The van der Waals surface area contributed by atoms with Gasteiger partial charge < -0.3 is 9.42 Å². The van der Waals surface area contributed by atoms with Crippen molar-refractivity contribution < 1.29 is 9.32 Å². The Hall–Kier alpha value is -2.47. The molecule has 1 aromatic carbocycles. The summed E-state index contributed by atoms with van der Waals surface area (Å²) in [6.07, 6.45) is 1.24. The van der Waals surface area contributed by atoms with Crippen LogP contribution in [0.5, 0.6) is 0 Å². The molecule has 0 spiro atoms. The molecule has 1 fully saturated rings. The molecule has 26 heavy (non-hydrogen) atoms. The summed E-state index contributed by atoms with van der Waals surface area (Å²) in [6, 6.07) is 12.3. The van der Waals surface area contributed by atoms with Crippen LogP contribution in [0.2, 0.25) is 0 Å². The molecule has 2 aromatic heterocycles. The van der Waals surface area contributed by atoms with E-state index in [-0.39, 0.29) is 11.9 Å². The number of nitrogens with zero attached hydrogens (tertiary/aromatic N) is 3. The molecule has 4 rings (SSSR count). The first-order valence-electron chi connectivity index (χ1n) is 8.87. The average Bonchev–Trinajstić information content (AvgIpc) is 3.37. The molecular weight excluding hydrogens is 346 g/mol. The van der Waals surface area contributed by atoms with Gasteiger partial charge in [-0.15, -0.1) is 11.3 Å². The number of carbonyl (C=O) groups is 1. The SMILES string of the molecule is CC(C)c1ccc(CN2C(=O)CCC2c2nc(-c3cccs3)no2)cc1. The van der Waals surface area contributed by atoms with Gasteiger partial charge in [0.25, 0.3) is 0 Å². The molecule has 0 radical (unpaired) electrons. The van der Waals surface area contributed by atoms with E-state index in [0.717, 1.165) is 16.9 Å². The highest BCUT2D eigenvalue weighted by atomic mass is 32.1. The van der Waals surface area contributed by atoms with E-state index >= 15 is 0 Å². The molecule has 0 aliphatic carbocycles. The predicted molar refractivity (Wildman–Crippen MR) is 101 cm³/mol. The molecule has 134 valence electrons. The maximum absolute atomic E-state index is 12.4. The van der Waals surface area contributed by atoms with Crippen LogP contribution in [0.25, 0.3) is 10.7 Å². The topological polar surface area (TPSA) is 59.2 Å². The zero-order valence-electron chi connectivity index (χ0n) is 14.9. The normalized spacial score (nSPS) is 17.4. The van der Waals surface area contributed by atoms with Gasteiger partial charge in [0.05, 0.1) is 4.88 Å². The van der Waals surface area contributed by atoms with Gasteiger partial charge in [-0.2, -0.15) is 4.98 Å². The molecule has 1 amide bonds. The van der Waals surface area contributed by atoms with Crippen molar-refractivity contribution in [2.24, 2.45) is 0 Å². The fourth-order valence-corrected chi connectivity index (χ4v) is 3.92. The van der Waals surface area contributed by atoms with Crippen molar-refractivity contribution in [3.8, 4) is 10.7 Å². The number of amides is 1. The summed E-state index contributed by atoms with van der Waals surface area (Å²) in [5.41, 5.74) is 2.42. The number of thiophene rings is 1. The van der Waals surface area contributed by atoms with E-state index in [1.165, 1.54) is 5.56 Å². The van der Waals surface area contributed by atoms with E-state index in [9.17, 15) is 4.79 Å². The van der Waals surface area contributed by atoms with Crippen molar-refractivity contribution in [2.75, 3.05) is 0 Å². The first kappa shape index (κ1) is 17.0. The summed E-state index contributed by atoms with van der Waals surface area (Å²) >= 11 is 1.57. The second-order valence-corrected chi connectivity index (χ2v) is 7.85. The highest BCUT2D eigenvalue weighted by Gasteiger charge is 2.36. The second kappa shape index (κ2) is 7.03. The van der Waals surface area contributed by atoms with Gasteiger partial charge in [-0.3, -0.25) is 4.79 Å². The summed E-state index contributed by atoms with van der Waals surface area (Å²) in [6.45, 7) is 4.92. The average molecular weight is 367 g/mol. The number of benzene rings is 1. The third kappa shape index (κ3) is 3.29. The van der Waals surface area contributed by atoms with Crippen LogP contribution in [0, 0.1) is 0 Å². The lowest BCUT2D eigenvalue weighted by Crippen LogP contribution is -2.27. The van der Waals surface area contributed by atoms with Gasteiger partial charge in [-0.25, -0.2) is 0 Å². The van der Waals surface area contributed by atoms with Crippen LogP contribution in [0.1, 0.15) is 55.7 Å². The quantitative estimate of drug-likeness (QED) is 0.651.